The first-order chi connectivity index (χ1) is 54.6. The first-order valence-electron chi connectivity index (χ1n) is 38.0. The Labute approximate surface area is 652 Å². The second-order valence-corrected chi connectivity index (χ2v) is 29.7. The van der Waals surface area contributed by atoms with E-state index in [2.05, 4.69) is 31.3 Å². The van der Waals surface area contributed by atoms with Gasteiger partial charge in [-0.3, -0.25) is 0 Å². The monoisotopic (exact) mass is 1650 g/mol. The third-order valence-electron chi connectivity index (χ3n) is 22.0. The first-order valence-corrected chi connectivity index (χ1v) is 38.0. The van der Waals surface area contributed by atoms with E-state index in [1.54, 1.807) is 6.20 Å². The van der Waals surface area contributed by atoms with Gasteiger partial charge in [-0.25, -0.2) is 9.36 Å². The summed E-state index contributed by atoms with van der Waals surface area (Å²) in [5, 5.41) is 280. The fourth-order valence-electron chi connectivity index (χ4n) is 15.3. The van der Waals surface area contributed by atoms with Crippen molar-refractivity contribution >= 4 is 0 Å². The Balaban J connectivity index is 0.550. The van der Waals surface area contributed by atoms with Crippen LogP contribution >= 0.6 is 0 Å². The summed E-state index contributed by atoms with van der Waals surface area (Å²) >= 11 is 0. The maximum Gasteiger partial charge on any atom is 0.187 e. The summed E-state index contributed by atoms with van der Waals surface area (Å²) in [5.41, 5.74) is 0.678. The van der Waals surface area contributed by atoms with Crippen LogP contribution in [0, 0.1) is 11.8 Å². The topological polar surface area (TPSA) is 700 Å². The summed E-state index contributed by atoms with van der Waals surface area (Å²) in [6.45, 7) is 1.01. The molecule has 38 atom stereocenters. The highest BCUT2D eigenvalue weighted by molar-refractivity contribution is 5.24. The summed E-state index contributed by atoms with van der Waals surface area (Å²) in [7, 11) is 0. The van der Waals surface area contributed by atoms with Gasteiger partial charge in [-0.2, -0.15) is 0 Å². The zero-order chi connectivity index (χ0) is 82.5. The van der Waals surface area contributed by atoms with Crippen molar-refractivity contribution in [2.75, 3.05) is 92.5 Å². The van der Waals surface area contributed by atoms with Crippen molar-refractivity contribution in [2.45, 2.75) is 273 Å². The number of aliphatic hydroxyl groups is 24. The van der Waals surface area contributed by atoms with Crippen molar-refractivity contribution in [3.8, 4) is 0 Å². The van der Waals surface area contributed by atoms with Crippen LogP contribution in [-0.2, 0) is 92.6 Å². The lowest BCUT2D eigenvalue weighted by molar-refractivity contribution is -0.376. The van der Waals surface area contributed by atoms with Crippen molar-refractivity contribution < 1.29 is 189 Å². The van der Waals surface area contributed by atoms with Gasteiger partial charge in [0.1, 0.15) is 146 Å². The van der Waals surface area contributed by atoms with Crippen LogP contribution in [0.25, 0.3) is 0 Å². The Morgan fingerprint density at radius 3 is 1.17 bits per heavy atom. The van der Waals surface area contributed by atoms with Crippen molar-refractivity contribution in [1.82, 2.24) is 40.6 Å². The van der Waals surface area contributed by atoms with Crippen LogP contribution in [0.5, 0.6) is 0 Å². The number of hydrogen-bond donors (Lipinski definition) is 26. The average Bonchev–Trinajstić information content (AvgIpc) is 1.42. The number of aromatic nitrogens is 6. The minimum Gasteiger partial charge on any atom is -0.396 e. The van der Waals surface area contributed by atoms with Crippen LogP contribution in [0.3, 0.4) is 0 Å². The quantitative estimate of drug-likeness (QED) is 0.0218. The largest absolute Gasteiger partial charge is 0.396 e. The minimum absolute atomic E-state index is 0.00454. The standard InChI is InChI=1S/C68H114N8O38/c1-27-41(69-35-13-29(19-77)43(83)51(91)45(35)85)49(89)57(97)66(107-27)112-62-32(22-80)16-38(48(88)54(62)94)109-61-31(21-79)15-37(47(87)53(61)93)105-25-33-17-75(73-71-33)3-5-101-7-9-103-11-12-104-10-8-102-6-4-76-18-34(72-74-76)26-106-65-59(99)55(95)63(39(23-81)110-65)114-68-60(100)56(96)64(40(24-82)111-68)113-67-58(98)50(90)42(28(2)108-67)70-36-14-30(20-78)44(84)52(92)46(36)86/h13-14,17-18,27-28,31-32,35-70,77-100H,3-12,15-16,19-26H2,1-2H3/t27-,28-,31-,32-,35+,36+,37-,38+,39-,40-,41-,42-,43-,44-,45?,46+,47+,48+,49+,50+,51+,52+,53?,54-,55-,56-,57-,58-,59-,60-,61-,62-,63?,64-,65-,66-,67-,68-/m1/s1. The van der Waals surface area contributed by atoms with E-state index in [1.165, 1.54) is 41.6 Å². The lowest BCUT2D eigenvalue weighted by Gasteiger charge is -2.49. The normalized spacial score (nSPS) is 43.1. The van der Waals surface area contributed by atoms with Gasteiger partial charge in [0.05, 0.1) is 179 Å². The number of hydrogen-bond acceptors (Lipinski definition) is 44. The highest BCUT2D eigenvalue weighted by Gasteiger charge is 2.57. The van der Waals surface area contributed by atoms with Crippen molar-refractivity contribution in [3.63, 3.8) is 0 Å². The number of rotatable bonds is 39. The van der Waals surface area contributed by atoms with E-state index >= 15 is 0 Å². The molecular formula is C68H114N8O38. The maximum absolute atomic E-state index is 11.4. The second-order valence-electron chi connectivity index (χ2n) is 29.7. The maximum atomic E-state index is 11.4. The Hall–Kier alpha value is -3.84. The molecule has 4 aliphatic heterocycles. The van der Waals surface area contributed by atoms with Crippen LogP contribution in [0.1, 0.15) is 38.1 Å². The van der Waals surface area contributed by atoms with Crippen LogP contribution in [0.4, 0.5) is 0 Å². The van der Waals surface area contributed by atoms with Crippen molar-refractivity contribution in [1.29, 1.82) is 0 Å². The summed E-state index contributed by atoms with van der Waals surface area (Å²) < 4.78 is 83.9. The molecule has 0 bridgehead atoms. The highest BCUT2D eigenvalue weighted by Crippen LogP contribution is 2.39. The van der Waals surface area contributed by atoms with Gasteiger partial charge in [-0.1, -0.05) is 22.6 Å². The number of ether oxygens (including phenoxy) is 14. The van der Waals surface area contributed by atoms with Gasteiger partial charge in [0, 0.05) is 25.0 Å². The molecule has 0 radical (unpaired) electrons. The van der Waals surface area contributed by atoms with Crippen LogP contribution in [0.15, 0.2) is 35.7 Å². The summed E-state index contributed by atoms with van der Waals surface area (Å²) in [4.78, 5) is 0. The minimum atomic E-state index is -2.01. The number of nitrogens with zero attached hydrogens (tertiary/aromatic N) is 6. The zero-order valence-electron chi connectivity index (χ0n) is 62.5. The van der Waals surface area contributed by atoms with Crippen molar-refractivity contribution in [3.05, 3.63) is 47.1 Å². The lowest BCUT2D eigenvalue weighted by atomic mass is 9.78. The molecule has 2 aromatic rings. The number of aliphatic hydroxyl groups excluding tert-OH is 24. The summed E-state index contributed by atoms with van der Waals surface area (Å²) in [6, 6.07) is -4.47. The number of nitrogens with one attached hydrogen (secondary N) is 2. The van der Waals surface area contributed by atoms with Crippen molar-refractivity contribution in [2.24, 2.45) is 11.8 Å². The SMILES string of the molecule is C[C@H]1O[C@H](O[C@@H]2[C@@H](CO)C[C@H](O[C@H]3C(O)[C@@H](O)[C@H](OCc4cn(CCOCCOCCOCCOCCn5cc(CO[C@@H]6O[C@H](CO)C(O[C@H]7O[C@H](CO)[C@@H](O[C@H]8O[C@H](C)[C@@H](N[C@H]9C=C(CO)[C@@H](O)[C@H](O)[C@H]9O)[C@H](O)[C@H]8O)[C@H](O)[C@H]7O)[C@H](O)[C@H]6O)nn5)nn4)C[C@@H]3CO)[C@H](O)[C@H]2O)[C@H](O)[C@@H](O)[C@@H]1N[C@H]1C=C(CO)[C@@H](O)[C@H](O)C1O. The van der Waals surface area contributed by atoms with Gasteiger partial charge in [0.25, 0.3) is 0 Å². The molecule has 10 rings (SSSR count). The van der Waals surface area contributed by atoms with Crippen LogP contribution < -0.4 is 10.6 Å². The molecule has 6 fully saturated rings. The third-order valence-corrected chi connectivity index (χ3v) is 22.0. The first kappa shape index (κ1) is 92.4. The van der Waals surface area contributed by atoms with E-state index in [0.29, 0.717) is 12.2 Å². The van der Waals surface area contributed by atoms with Gasteiger partial charge in [0.15, 0.2) is 25.2 Å². The summed E-state index contributed by atoms with van der Waals surface area (Å²) in [5.74, 6) is -1.84. The molecule has 654 valence electrons. The molecule has 0 spiro atoms. The fraction of sp³-hybridized carbons (Fsp3) is 0.882. The second kappa shape index (κ2) is 43.1. The van der Waals surface area contributed by atoms with Gasteiger partial charge in [-0.15, -0.1) is 10.2 Å². The van der Waals surface area contributed by atoms with E-state index in [9.17, 15) is 123 Å². The molecule has 114 heavy (non-hydrogen) atoms. The molecular weight excluding hydrogens is 1540 g/mol. The van der Waals surface area contributed by atoms with E-state index in [1.807, 2.05) is 0 Å². The highest BCUT2D eigenvalue weighted by atomic mass is 16.8. The molecule has 8 aliphatic rings. The average molecular weight is 1650 g/mol. The molecule has 46 nitrogen and oxygen atoms in total. The van der Waals surface area contributed by atoms with Crippen LogP contribution in [-0.4, -0.2) is 465 Å². The van der Waals surface area contributed by atoms with E-state index in [-0.39, 0.29) is 102 Å². The Bertz CT molecular complexity index is 3020. The fourth-order valence-corrected chi connectivity index (χ4v) is 15.3. The molecule has 26 N–H and O–H groups in total. The molecule has 4 saturated heterocycles. The predicted octanol–water partition coefficient (Wildman–Crippen LogP) is -15.1. The Morgan fingerprint density at radius 1 is 0.377 bits per heavy atom. The summed E-state index contributed by atoms with van der Waals surface area (Å²) in [6.07, 6.45) is -45.6. The Morgan fingerprint density at radius 2 is 0.737 bits per heavy atom. The van der Waals surface area contributed by atoms with Gasteiger partial charge >= 0.3 is 0 Å². The van der Waals surface area contributed by atoms with E-state index in [4.69, 9.17) is 66.3 Å². The molecule has 0 aromatic carbocycles. The zero-order valence-corrected chi connectivity index (χ0v) is 62.5. The smallest absolute Gasteiger partial charge is 0.187 e. The van der Waals surface area contributed by atoms with E-state index in [0.717, 1.165) is 0 Å². The van der Waals surface area contributed by atoms with Gasteiger partial charge in [0.2, 0.25) is 0 Å². The Kier molecular flexibility index (Phi) is 34.9. The molecule has 6 heterocycles. The molecule has 0 amide bonds. The van der Waals surface area contributed by atoms with E-state index < -0.39 is 272 Å². The molecule has 2 aromatic heterocycles. The van der Waals surface area contributed by atoms with Crippen LogP contribution in [0.2, 0.25) is 0 Å². The van der Waals surface area contributed by atoms with Gasteiger partial charge < -0.3 is 200 Å². The lowest BCUT2D eigenvalue weighted by Crippen LogP contribution is -2.68. The predicted molar refractivity (Wildman–Crippen MR) is 370 cm³/mol. The molecule has 46 heteroatoms. The molecule has 4 aliphatic carbocycles. The van der Waals surface area contributed by atoms with Gasteiger partial charge in [-0.05, 0) is 37.8 Å². The third kappa shape index (κ3) is 22.1. The molecule has 3 unspecified atom stereocenters. The molecule has 2 saturated carbocycles.